The van der Waals surface area contributed by atoms with Gasteiger partial charge in [-0.25, -0.2) is 0 Å². The normalized spacial score (nSPS) is 39.7. The van der Waals surface area contributed by atoms with Gasteiger partial charge in [-0.3, -0.25) is 9.89 Å². The first kappa shape index (κ1) is 12.2. The first-order valence-electron chi connectivity index (χ1n) is 8.39. The number of fused-ring (bicyclic) bond motifs is 1. The highest BCUT2D eigenvalue weighted by molar-refractivity contribution is 6.04. The third-order valence-electron chi connectivity index (χ3n) is 6.60. The molecule has 1 saturated carbocycles. The van der Waals surface area contributed by atoms with Crippen molar-refractivity contribution in [3.8, 4) is 0 Å². The summed E-state index contributed by atoms with van der Waals surface area (Å²) < 4.78 is 0. The van der Waals surface area contributed by atoms with Crippen LogP contribution in [0.2, 0.25) is 0 Å². The van der Waals surface area contributed by atoms with E-state index in [0.29, 0.717) is 11.5 Å². The van der Waals surface area contributed by atoms with Crippen molar-refractivity contribution in [3.63, 3.8) is 0 Å². The van der Waals surface area contributed by atoms with E-state index in [1.54, 1.807) is 0 Å². The average molecular weight is 278 g/mol. The summed E-state index contributed by atoms with van der Waals surface area (Å²) in [7, 11) is 0. The Labute approximate surface area is 126 Å². The monoisotopic (exact) mass is 278 g/mol. The second kappa shape index (κ2) is 3.86. The standard InChI is InChI=1S/C19H22N2/c1-2-18-9-5-12-21-13-11-19(17(18)21)14-6-3-4-7-15(14)20-16(19)8-10-18/h3-7,9,17H,2,8,10-13H2,1H3/t17-,18-,19-/m0/s1. The minimum Gasteiger partial charge on any atom is -0.295 e. The lowest BCUT2D eigenvalue weighted by molar-refractivity contribution is 0.0850. The number of hydrogen-bond acceptors (Lipinski definition) is 2. The molecule has 108 valence electrons. The molecule has 2 nitrogen and oxygen atoms in total. The zero-order chi connectivity index (χ0) is 14.1. The molecule has 3 heterocycles. The summed E-state index contributed by atoms with van der Waals surface area (Å²) in [6.45, 7) is 4.73. The van der Waals surface area contributed by atoms with Crippen molar-refractivity contribution in [1.29, 1.82) is 0 Å². The van der Waals surface area contributed by atoms with E-state index in [-0.39, 0.29) is 5.41 Å². The summed E-state index contributed by atoms with van der Waals surface area (Å²) in [5.41, 5.74) is 4.83. The van der Waals surface area contributed by atoms with E-state index >= 15 is 0 Å². The van der Waals surface area contributed by atoms with Gasteiger partial charge < -0.3 is 0 Å². The smallest absolute Gasteiger partial charge is 0.0671 e. The van der Waals surface area contributed by atoms with Crippen LogP contribution in [0.3, 0.4) is 0 Å². The molecule has 1 aromatic rings. The quantitative estimate of drug-likeness (QED) is 0.713. The van der Waals surface area contributed by atoms with Gasteiger partial charge in [0.2, 0.25) is 0 Å². The number of hydrogen-bond donors (Lipinski definition) is 0. The Morgan fingerprint density at radius 3 is 3.10 bits per heavy atom. The van der Waals surface area contributed by atoms with Gasteiger partial charge in [0.15, 0.2) is 0 Å². The van der Waals surface area contributed by atoms with Crippen molar-refractivity contribution < 1.29 is 0 Å². The van der Waals surface area contributed by atoms with Crippen molar-refractivity contribution in [2.75, 3.05) is 13.1 Å². The van der Waals surface area contributed by atoms with Gasteiger partial charge in [0.05, 0.1) is 11.1 Å². The summed E-state index contributed by atoms with van der Waals surface area (Å²) >= 11 is 0. The number of para-hydroxylation sites is 1. The summed E-state index contributed by atoms with van der Waals surface area (Å²) in [5, 5.41) is 0. The molecule has 0 unspecified atom stereocenters. The number of nitrogens with zero attached hydrogens (tertiary/aromatic N) is 2. The molecular weight excluding hydrogens is 256 g/mol. The maximum Gasteiger partial charge on any atom is 0.0671 e. The molecule has 1 aromatic carbocycles. The Balaban J connectivity index is 1.78. The predicted octanol–water partition coefficient (Wildman–Crippen LogP) is 3.84. The second-order valence-electron chi connectivity index (χ2n) is 7.18. The van der Waals surface area contributed by atoms with Crippen molar-refractivity contribution in [2.45, 2.75) is 44.1 Å². The maximum absolute atomic E-state index is 5.07. The molecule has 21 heavy (non-hydrogen) atoms. The summed E-state index contributed by atoms with van der Waals surface area (Å²) in [6.07, 6.45) is 9.94. The zero-order valence-corrected chi connectivity index (χ0v) is 12.7. The lowest BCUT2D eigenvalue weighted by Crippen LogP contribution is -2.60. The molecule has 0 amide bonds. The molecule has 0 bridgehead atoms. The first-order chi connectivity index (χ1) is 10.3. The Kier molecular flexibility index (Phi) is 2.24. The fourth-order valence-electron chi connectivity index (χ4n) is 5.73. The van der Waals surface area contributed by atoms with E-state index < -0.39 is 0 Å². The van der Waals surface area contributed by atoms with E-state index in [1.165, 1.54) is 49.2 Å². The van der Waals surface area contributed by atoms with Crippen LogP contribution in [0.4, 0.5) is 5.69 Å². The van der Waals surface area contributed by atoms with Gasteiger partial charge in [0.1, 0.15) is 0 Å². The highest BCUT2D eigenvalue weighted by Gasteiger charge is 2.63. The van der Waals surface area contributed by atoms with E-state index in [9.17, 15) is 0 Å². The van der Waals surface area contributed by atoms with Crippen LogP contribution in [0.15, 0.2) is 41.4 Å². The van der Waals surface area contributed by atoms with Gasteiger partial charge in [-0.15, -0.1) is 0 Å². The van der Waals surface area contributed by atoms with Crippen molar-refractivity contribution in [2.24, 2.45) is 10.4 Å². The Morgan fingerprint density at radius 1 is 1.29 bits per heavy atom. The van der Waals surface area contributed by atoms with Crippen molar-refractivity contribution in [1.82, 2.24) is 4.90 Å². The molecule has 3 atom stereocenters. The fourth-order valence-corrected chi connectivity index (χ4v) is 5.73. The van der Waals surface area contributed by atoms with Gasteiger partial charge in [0.25, 0.3) is 0 Å². The SMILES string of the molecule is CC[C@]12C=CCN3CC[C@]4(C(=Nc5ccccc54)CC1)[C@@H]32. The molecule has 0 aromatic heterocycles. The molecular formula is C19H22N2. The highest BCUT2D eigenvalue weighted by Crippen LogP contribution is 2.61. The number of aliphatic imine (C=N–C) groups is 1. The van der Waals surface area contributed by atoms with Crippen LogP contribution in [0.25, 0.3) is 0 Å². The van der Waals surface area contributed by atoms with Crippen LogP contribution in [0.1, 0.15) is 38.2 Å². The van der Waals surface area contributed by atoms with Gasteiger partial charge >= 0.3 is 0 Å². The third kappa shape index (κ3) is 1.27. The minimum absolute atomic E-state index is 0.218. The fraction of sp³-hybridized carbons (Fsp3) is 0.526. The Bertz CT molecular complexity index is 674. The van der Waals surface area contributed by atoms with E-state index in [0.717, 1.165) is 6.54 Å². The molecule has 2 heteroatoms. The molecule has 1 spiro atoms. The van der Waals surface area contributed by atoms with Crippen molar-refractivity contribution >= 4 is 11.4 Å². The maximum atomic E-state index is 5.07. The van der Waals surface area contributed by atoms with Crippen LogP contribution in [-0.4, -0.2) is 29.7 Å². The van der Waals surface area contributed by atoms with Gasteiger partial charge in [-0.05, 0) is 37.3 Å². The molecule has 2 fully saturated rings. The van der Waals surface area contributed by atoms with E-state index in [2.05, 4.69) is 48.2 Å². The van der Waals surface area contributed by atoms with Crippen LogP contribution >= 0.6 is 0 Å². The minimum atomic E-state index is 0.218. The third-order valence-corrected chi connectivity index (χ3v) is 6.60. The first-order valence-corrected chi connectivity index (χ1v) is 8.39. The van der Waals surface area contributed by atoms with Crippen molar-refractivity contribution in [3.05, 3.63) is 42.0 Å². The highest BCUT2D eigenvalue weighted by atomic mass is 15.2. The molecule has 0 N–H and O–H groups in total. The molecule has 1 saturated heterocycles. The zero-order valence-electron chi connectivity index (χ0n) is 12.7. The summed E-state index contributed by atoms with van der Waals surface area (Å²) in [4.78, 5) is 7.80. The molecule has 1 aliphatic carbocycles. The van der Waals surface area contributed by atoms with Crippen LogP contribution < -0.4 is 0 Å². The lowest BCUT2D eigenvalue weighted by Gasteiger charge is -2.54. The van der Waals surface area contributed by atoms with E-state index in [1.807, 2.05) is 0 Å². The van der Waals surface area contributed by atoms with Crippen LogP contribution in [-0.2, 0) is 5.41 Å². The topological polar surface area (TPSA) is 15.6 Å². The van der Waals surface area contributed by atoms with Gasteiger partial charge in [-0.2, -0.15) is 0 Å². The van der Waals surface area contributed by atoms with Crippen LogP contribution in [0, 0.1) is 5.41 Å². The lowest BCUT2D eigenvalue weighted by atomic mass is 9.54. The molecule has 0 radical (unpaired) electrons. The largest absolute Gasteiger partial charge is 0.295 e. The summed E-state index contributed by atoms with van der Waals surface area (Å²) in [5.74, 6) is 0. The Hall–Kier alpha value is -1.41. The molecule has 3 aliphatic heterocycles. The number of rotatable bonds is 1. The summed E-state index contributed by atoms with van der Waals surface area (Å²) in [6, 6.07) is 9.53. The van der Waals surface area contributed by atoms with Crippen LogP contribution in [0.5, 0.6) is 0 Å². The second-order valence-corrected chi connectivity index (χ2v) is 7.18. The van der Waals surface area contributed by atoms with E-state index in [4.69, 9.17) is 4.99 Å². The van der Waals surface area contributed by atoms with Gasteiger partial charge in [0, 0.05) is 30.3 Å². The number of benzene rings is 1. The Morgan fingerprint density at radius 2 is 2.19 bits per heavy atom. The predicted molar refractivity (Wildman–Crippen MR) is 86.3 cm³/mol. The average Bonchev–Trinajstić information content (AvgIpc) is 3.08. The molecule has 4 aliphatic rings. The van der Waals surface area contributed by atoms with Gasteiger partial charge in [-0.1, -0.05) is 37.3 Å². The molecule has 5 rings (SSSR count).